The molecule has 0 radical (unpaired) electrons. The quantitative estimate of drug-likeness (QED) is 0.818. The van der Waals surface area contributed by atoms with Crippen molar-refractivity contribution in [2.45, 2.75) is 25.8 Å². The van der Waals surface area contributed by atoms with Crippen LogP contribution in [0.15, 0.2) is 24.3 Å². The Labute approximate surface area is 118 Å². The minimum Gasteiger partial charge on any atom is -0.399 e. The second-order valence-corrected chi connectivity index (χ2v) is 5.49. The minimum atomic E-state index is 0.676. The van der Waals surface area contributed by atoms with Crippen molar-refractivity contribution >= 4 is 5.69 Å². The number of likely N-dealkylation sites (tertiary alicyclic amines) is 1. The van der Waals surface area contributed by atoms with Crippen LogP contribution in [0, 0.1) is 5.92 Å². The molecule has 0 bridgehead atoms. The fourth-order valence-electron chi connectivity index (χ4n) is 2.76. The van der Waals surface area contributed by atoms with E-state index in [1.54, 1.807) is 0 Å². The number of anilines is 1. The lowest BCUT2D eigenvalue weighted by molar-refractivity contribution is 0.176. The van der Waals surface area contributed by atoms with E-state index >= 15 is 0 Å². The Kier molecular flexibility index (Phi) is 3.92. The summed E-state index contributed by atoms with van der Waals surface area (Å²) in [6.07, 6.45) is 3.33. The van der Waals surface area contributed by atoms with E-state index in [0.717, 1.165) is 37.6 Å². The number of piperidine rings is 1. The van der Waals surface area contributed by atoms with Crippen LogP contribution in [0.1, 0.15) is 24.2 Å². The Morgan fingerprint density at radius 1 is 1.20 bits per heavy atom. The summed E-state index contributed by atoms with van der Waals surface area (Å²) in [7, 11) is 0. The smallest absolute Gasteiger partial charge is 0.174 e. The molecule has 1 aliphatic rings. The number of nitrogens with zero attached hydrogens (tertiary/aromatic N) is 4. The highest BCUT2D eigenvalue weighted by atomic mass is 15.5. The van der Waals surface area contributed by atoms with Crippen molar-refractivity contribution in [1.82, 2.24) is 25.5 Å². The summed E-state index contributed by atoms with van der Waals surface area (Å²) in [6.45, 7) is 3.27. The molecular formula is C14H20N6. The van der Waals surface area contributed by atoms with Gasteiger partial charge in [0.15, 0.2) is 5.82 Å². The third-order valence-corrected chi connectivity index (χ3v) is 3.95. The molecule has 1 fully saturated rings. The molecule has 0 amide bonds. The third-order valence-electron chi connectivity index (χ3n) is 3.95. The van der Waals surface area contributed by atoms with Crippen molar-refractivity contribution in [2.24, 2.45) is 5.92 Å². The Balaban J connectivity index is 1.47. The fourth-order valence-corrected chi connectivity index (χ4v) is 2.76. The van der Waals surface area contributed by atoms with Crippen molar-refractivity contribution in [2.75, 3.05) is 18.8 Å². The largest absolute Gasteiger partial charge is 0.399 e. The van der Waals surface area contributed by atoms with Crippen LogP contribution in [-0.4, -0.2) is 38.6 Å². The first-order chi connectivity index (χ1) is 9.79. The molecule has 2 aromatic rings. The van der Waals surface area contributed by atoms with Gasteiger partial charge in [-0.3, -0.25) is 4.90 Å². The van der Waals surface area contributed by atoms with Gasteiger partial charge in [0, 0.05) is 18.7 Å². The van der Waals surface area contributed by atoms with Crippen LogP contribution in [0.2, 0.25) is 0 Å². The number of hydrogen-bond acceptors (Lipinski definition) is 5. The van der Waals surface area contributed by atoms with Crippen molar-refractivity contribution < 1.29 is 0 Å². The zero-order chi connectivity index (χ0) is 13.8. The number of H-pyrrole nitrogens is 1. The first-order valence-electron chi connectivity index (χ1n) is 7.09. The number of rotatable bonds is 4. The van der Waals surface area contributed by atoms with E-state index in [-0.39, 0.29) is 0 Å². The number of aromatic nitrogens is 4. The number of benzene rings is 1. The standard InChI is InChI=1S/C14H20N6/c15-13-3-1-12(2-4-13)10-20-7-5-11(6-8-20)9-14-16-18-19-17-14/h1-4,11H,5-10,15H2,(H,16,17,18,19). The van der Waals surface area contributed by atoms with Gasteiger partial charge in [-0.1, -0.05) is 17.3 Å². The maximum atomic E-state index is 5.71. The number of nitrogens with two attached hydrogens (primary N) is 1. The van der Waals surface area contributed by atoms with E-state index in [4.69, 9.17) is 5.73 Å². The van der Waals surface area contributed by atoms with Crippen LogP contribution in [0.5, 0.6) is 0 Å². The van der Waals surface area contributed by atoms with E-state index in [1.807, 2.05) is 12.1 Å². The second-order valence-electron chi connectivity index (χ2n) is 5.49. The molecule has 0 unspecified atom stereocenters. The molecular weight excluding hydrogens is 252 g/mol. The van der Waals surface area contributed by atoms with Crippen molar-refractivity contribution in [3.05, 3.63) is 35.7 Å². The average Bonchev–Trinajstić information content (AvgIpc) is 2.96. The molecule has 1 aliphatic heterocycles. The first-order valence-corrected chi connectivity index (χ1v) is 7.09. The van der Waals surface area contributed by atoms with Gasteiger partial charge in [-0.15, -0.1) is 10.2 Å². The summed E-state index contributed by atoms with van der Waals surface area (Å²) in [5, 5.41) is 14.2. The third kappa shape index (κ3) is 3.33. The predicted octanol–water partition coefficient (Wildman–Crippen LogP) is 1.24. The van der Waals surface area contributed by atoms with Crippen LogP contribution in [-0.2, 0) is 13.0 Å². The summed E-state index contributed by atoms with van der Waals surface area (Å²) in [6, 6.07) is 8.16. The van der Waals surface area contributed by atoms with Crippen LogP contribution in [0.4, 0.5) is 5.69 Å². The lowest BCUT2D eigenvalue weighted by Gasteiger charge is -2.31. The molecule has 0 spiro atoms. The van der Waals surface area contributed by atoms with Gasteiger partial charge in [-0.25, -0.2) is 0 Å². The highest BCUT2D eigenvalue weighted by Gasteiger charge is 2.20. The van der Waals surface area contributed by atoms with Gasteiger partial charge in [0.2, 0.25) is 0 Å². The SMILES string of the molecule is Nc1ccc(CN2CCC(Cc3nn[nH]n3)CC2)cc1. The molecule has 1 aromatic carbocycles. The molecule has 2 heterocycles. The molecule has 106 valence electrons. The predicted molar refractivity (Wildman–Crippen MR) is 76.7 cm³/mol. The highest BCUT2D eigenvalue weighted by molar-refractivity contribution is 5.39. The number of nitrogen functional groups attached to an aromatic ring is 1. The Hall–Kier alpha value is -1.95. The maximum Gasteiger partial charge on any atom is 0.174 e. The number of nitrogens with one attached hydrogen (secondary N) is 1. The molecule has 6 heteroatoms. The summed E-state index contributed by atoms with van der Waals surface area (Å²) in [5.74, 6) is 1.51. The van der Waals surface area contributed by atoms with Crippen LogP contribution < -0.4 is 5.73 Å². The van der Waals surface area contributed by atoms with Gasteiger partial charge in [0.05, 0.1) is 0 Å². The topological polar surface area (TPSA) is 83.7 Å². The van der Waals surface area contributed by atoms with Gasteiger partial charge in [0.1, 0.15) is 0 Å². The lowest BCUT2D eigenvalue weighted by Crippen LogP contribution is -2.34. The maximum absolute atomic E-state index is 5.71. The molecule has 1 saturated heterocycles. The van der Waals surface area contributed by atoms with E-state index in [1.165, 1.54) is 18.4 Å². The molecule has 0 saturated carbocycles. The number of aromatic amines is 1. The Bertz CT molecular complexity index is 513. The van der Waals surface area contributed by atoms with Crippen molar-refractivity contribution in [3.63, 3.8) is 0 Å². The van der Waals surface area contributed by atoms with Crippen LogP contribution >= 0.6 is 0 Å². The second kappa shape index (κ2) is 6.00. The first kappa shape index (κ1) is 13.1. The van der Waals surface area contributed by atoms with Gasteiger partial charge in [-0.2, -0.15) is 5.21 Å². The van der Waals surface area contributed by atoms with Gasteiger partial charge in [-0.05, 0) is 49.5 Å². The summed E-state index contributed by atoms with van der Waals surface area (Å²) >= 11 is 0. The molecule has 6 nitrogen and oxygen atoms in total. The van der Waals surface area contributed by atoms with Gasteiger partial charge >= 0.3 is 0 Å². The van der Waals surface area contributed by atoms with Crippen LogP contribution in [0.3, 0.4) is 0 Å². The van der Waals surface area contributed by atoms with Gasteiger partial charge < -0.3 is 5.73 Å². The highest BCUT2D eigenvalue weighted by Crippen LogP contribution is 2.21. The summed E-state index contributed by atoms with van der Waals surface area (Å²) in [4.78, 5) is 2.50. The molecule has 3 rings (SSSR count). The monoisotopic (exact) mass is 272 g/mol. The fraction of sp³-hybridized carbons (Fsp3) is 0.500. The van der Waals surface area contributed by atoms with E-state index < -0.39 is 0 Å². The average molecular weight is 272 g/mol. The molecule has 20 heavy (non-hydrogen) atoms. The number of tetrazole rings is 1. The minimum absolute atomic E-state index is 0.676. The zero-order valence-electron chi connectivity index (χ0n) is 11.5. The Morgan fingerprint density at radius 2 is 1.95 bits per heavy atom. The van der Waals surface area contributed by atoms with Crippen molar-refractivity contribution in [1.29, 1.82) is 0 Å². The normalized spacial score (nSPS) is 17.4. The zero-order valence-corrected chi connectivity index (χ0v) is 11.5. The van der Waals surface area contributed by atoms with Crippen LogP contribution in [0.25, 0.3) is 0 Å². The van der Waals surface area contributed by atoms with Gasteiger partial charge in [0.25, 0.3) is 0 Å². The molecule has 0 atom stereocenters. The lowest BCUT2D eigenvalue weighted by atomic mass is 9.93. The molecule has 3 N–H and O–H groups in total. The van der Waals surface area contributed by atoms with E-state index in [9.17, 15) is 0 Å². The summed E-state index contributed by atoms with van der Waals surface area (Å²) < 4.78 is 0. The number of hydrogen-bond donors (Lipinski definition) is 2. The molecule has 0 aliphatic carbocycles. The van der Waals surface area contributed by atoms with E-state index in [2.05, 4.69) is 37.7 Å². The summed E-state index contributed by atoms with van der Waals surface area (Å²) in [5.41, 5.74) is 7.87. The van der Waals surface area contributed by atoms with Crippen molar-refractivity contribution in [3.8, 4) is 0 Å². The Morgan fingerprint density at radius 3 is 2.60 bits per heavy atom. The molecule has 1 aromatic heterocycles. The van der Waals surface area contributed by atoms with E-state index in [0.29, 0.717) is 5.92 Å².